The molecular weight excluding hydrogens is 262 g/mol. The van der Waals surface area contributed by atoms with Crippen molar-refractivity contribution in [1.29, 1.82) is 0 Å². The first kappa shape index (κ1) is 15.6. The monoisotopic (exact) mass is 287 g/mol. The fourth-order valence-electron chi connectivity index (χ4n) is 2.30. The van der Waals surface area contributed by atoms with Gasteiger partial charge in [-0.05, 0) is 32.9 Å². The summed E-state index contributed by atoms with van der Waals surface area (Å²) in [6, 6.07) is 6.33. The maximum absolute atomic E-state index is 5.99. The molecule has 0 fully saturated rings. The molecule has 1 N–H and O–H groups in total. The Morgan fingerprint density at radius 2 is 2.14 bits per heavy atom. The van der Waals surface area contributed by atoms with Gasteiger partial charge in [0.2, 0.25) is 0 Å². The molecule has 0 aliphatic heterocycles. The number of hydrogen-bond donors (Lipinski definition) is 1. The maximum atomic E-state index is 5.99. The Bertz CT molecular complexity index is 563. The van der Waals surface area contributed by atoms with E-state index in [0.29, 0.717) is 6.61 Å². The number of aryl methyl sites for hydroxylation is 2. The number of hydrogen-bond acceptors (Lipinski definition) is 3. The lowest BCUT2D eigenvalue weighted by Gasteiger charge is -2.13. The summed E-state index contributed by atoms with van der Waals surface area (Å²) >= 11 is 0. The van der Waals surface area contributed by atoms with E-state index < -0.39 is 0 Å². The van der Waals surface area contributed by atoms with Crippen molar-refractivity contribution in [3.8, 4) is 5.75 Å². The third-order valence-electron chi connectivity index (χ3n) is 3.46. The molecule has 0 atom stereocenters. The van der Waals surface area contributed by atoms with Crippen molar-refractivity contribution in [3.63, 3.8) is 0 Å². The Kier molecular flexibility index (Phi) is 5.81. The standard InChI is InChI=1S/C17H25N3O/c1-4-8-18-12-15-11-14(3)6-7-16(15)21-13-17-19-9-10-20(17)5-2/h6-7,9-11,18H,4-5,8,12-13H2,1-3H3. The van der Waals surface area contributed by atoms with Crippen molar-refractivity contribution in [3.05, 3.63) is 47.5 Å². The van der Waals surface area contributed by atoms with Gasteiger partial charge in [0.1, 0.15) is 18.2 Å². The van der Waals surface area contributed by atoms with E-state index in [-0.39, 0.29) is 0 Å². The number of nitrogens with one attached hydrogen (secondary N) is 1. The van der Waals surface area contributed by atoms with Crippen LogP contribution in [0.3, 0.4) is 0 Å². The molecule has 114 valence electrons. The molecule has 1 heterocycles. The van der Waals surface area contributed by atoms with Gasteiger partial charge in [-0.25, -0.2) is 4.98 Å². The average Bonchev–Trinajstić information content (AvgIpc) is 2.94. The van der Waals surface area contributed by atoms with Crippen LogP contribution in [-0.2, 0) is 19.7 Å². The Labute approximate surface area is 127 Å². The van der Waals surface area contributed by atoms with Crippen LogP contribution >= 0.6 is 0 Å². The number of benzene rings is 1. The van der Waals surface area contributed by atoms with Crippen molar-refractivity contribution in [1.82, 2.24) is 14.9 Å². The molecular formula is C17H25N3O. The maximum Gasteiger partial charge on any atom is 0.146 e. The van der Waals surface area contributed by atoms with Crippen LogP contribution in [0.1, 0.15) is 37.2 Å². The van der Waals surface area contributed by atoms with E-state index in [0.717, 1.165) is 37.6 Å². The zero-order chi connectivity index (χ0) is 15.1. The van der Waals surface area contributed by atoms with E-state index in [9.17, 15) is 0 Å². The quantitative estimate of drug-likeness (QED) is 0.757. The number of nitrogens with zero attached hydrogens (tertiary/aromatic N) is 2. The van der Waals surface area contributed by atoms with Crippen LogP contribution in [0.25, 0.3) is 0 Å². The highest BCUT2D eigenvalue weighted by atomic mass is 16.5. The zero-order valence-corrected chi connectivity index (χ0v) is 13.2. The third-order valence-corrected chi connectivity index (χ3v) is 3.46. The molecule has 4 nitrogen and oxygen atoms in total. The van der Waals surface area contributed by atoms with Crippen molar-refractivity contribution in [2.45, 2.75) is 46.9 Å². The van der Waals surface area contributed by atoms with E-state index in [4.69, 9.17) is 4.74 Å². The van der Waals surface area contributed by atoms with Gasteiger partial charge in [-0.3, -0.25) is 0 Å². The smallest absolute Gasteiger partial charge is 0.146 e. The van der Waals surface area contributed by atoms with Crippen LogP contribution in [-0.4, -0.2) is 16.1 Å². The fourth-order valence-corrected chi connectivity index (χ4v) is 2.30. The van der Waals surface area contributed by atoms with Gasteiger partial charge < -0.3 is 14.6 Å². The molecule has 2 rings (SSSR count). The summed E-state index contributed by atoms with van der Waals surface area (Å²) in [5.74, 6) is 1.90. The number of ether oxygens (including phenoxy) is 1. The van der Waals surface area contributed by atoms with Crippen LogP contribution in [0.4, 0.5) is 0 Å². The largest absolute Gasteiger partial charge is 0.485 e. The summed E-state index contributed by atoms with van der Waals surface area (Å²) < 4.78 is 8.09. The molecule has 1 aromatic carbocycles. The number of imidazole rings is 1. The molecule has 2 aromatic rings. The van der Waals surface area contributed by atoms with Gasteiger partial charge in [0.05, 0.1) is 0 Å². The Morgan fingerprint density at radius 3 is 2.90 bits per heavy atom. The summed E-state index contributed by atoms with van der Waals surface area (Å²) in [6.45, 7) is 9.67. The first-order valence-electron chi connectivity index (χ1n) is 7.67. The summed E-state index contributed by atoms with van der Waals surface area (Å²) in [4.78, 5) is 4.35. The second-order valence-electron chi connectivity index (χ2n) is 5.21. The summed E-state index contributed by atoms with van der Waals surface area (Å²) in [5, 5.41) is 3.43. The molecule has 0 bridgehead atoms. The van der Waals surface area contributed by atoms with E-state index in [1.54, 1.807) is 0 Å². The normalized spacial score (nSPS) is 10.8. The molecule has 4 heteroatoms. The van der Waals surface area contributed by atoms with Crippen molar-refractivity contribution < 1.29 is 4.74 Å². The Hall–Kier alpha value is -1.81. The van der Waals surface area contributed by atoms with Crippen molar-refractivity contribution in [2.75, 3.05) is 6.54 Å². The number of aromatic nitrogens is 2. The third kappa shape index (κ3) is 4.33. The lowest BCUT2D eigenvalue weighted by atomic mass is 10.1. The van der Waals surface area contributed by atoms with Crippen LogP contribution in [0, 0.1) is 6.92 Å². The Morgan fingerprint density at radius 1 is 1.29 bits per heavy atom. The predicted octanol–water partition coefficient (Wildman–Crippen LogP) is 3.29. The molecule has 0 spiro atoms. The summed E-state index contributed by atoms with van der Waals surface area (Å²) in [5.41, 5.74) is 2.46. The van der Waals surface area contributed by atoms with Crippen LogP contribution < -0.4 is 10.1 Å². The van der Waals surface area contributed by atoms with Gasteiger partial charge in [0.15, 0.2) is 0 Å². The van der Waals surface area contributed by atoms with Crippen molar-refractivity contribution >= 4 is 0 Å². The van der Waals surface area contributed by atoms with Crippen LogP contribution in [0.5, 0.6) is 5.75 Å². The SMILES string of the molecule is CCCNCc1cc(C)ccc1OCc1nccn1CC. The van der Waals surface area contributed by atoms with E-state index in [1.165, 1.54) is 11.1 Å². The molecule has 0 aliphatic rings. The molecule has 21 heavy (non-hydrogen) atoms. The van der Waals surface area contributed by atoms with Crippen molar-refractivity contribution in [2.24, 2.45) is 0 Å². The van der Waals surface area contributed by atoms with Gasteiger partial charge in [-0.2, -0.15) is 0 Å². The molecule has 0 aliphatic carbocycles. The Balaban J connectivity index is 2.04. The first-order chi connectivity index (χ1) is 10.2. The highest BCUT2D eigenvalue weighted by molar-refractivity contribution is 5.36. The minimum Gasteiger partial charge on any atom is -0.485 e. The lowest BCUT2D eigenvalue weighted by Crippen LogP contribution is -2.15. The molecule has 0 unspecified atom stereocenters. The second kappa shape index (κ2) is 7.84. The van der Waals surface area contributed by atoms with Gasteiger partial charge in [0.25, 0.3) is 0 Å². The highest BCUT2D eigenvalue weighted by Gasteiger charge is 2.07. The van der Waals surface area contributed by atoms with E-state index in [1.807, 2.05) is 12.4 Å². The van der Waals surface area contributed by atoms with Crippen LogP contribution in [0.2, 0.25) is 0 Å². The minimum atomic E-state index is 0.505. The van der Waals surface area contributed by atoms with E-state index in [2.05, 4.69) is 53.8 Å². The molecule has 0 saturated heterocycles. The fraction of sp³-hybridized carbons (Fsp3) is 0.471. The summed E-state index contributed by atoms with van der Waals surface area (Å²) in [7, 11) is 0. The van der Waals surface area contributed by atoms with Gasteiger partial charge >= 0.3 is 0 Å². The average molecular weight is 287 g/mol. The molecule has 0 amide bonds. The first-order valence-corrected chi connectivity index (χ1v) is 7.67. The summed E-state index contributed by atoms with van der Waals surface area (Å²) in [6.07, 6.45) is 4.94. The highest BCUT2D eigenvalue weighted by Crippen LogP contribution is 2.21. The van der Waals surface area contributed by atoms with Gasteiger partial charge in [-0.1, -0.05) is 24.6 Å². The topological polar surface area (TPSA) is 39.1 Å². The molecule has 1 aromatic heterocycles. The van der Waals surface area contributed by atoms with Gasteiger partial charge in [-0.15, -0.1) is 0 Å². The van der Waals surface area contributed by atoms with Gasteiger partial charge in [0, 0.05) is 31.0 Å². The molecule has 0 radical (unpaired) electrons. The number of rotatable bonds is 8. The predicted molar refractivity (Wildman–Crippen MR) is 85.4 cm³/mol. The molecule has 0 saturated carbocycles. The van der Waals surface area contributed by atoms with Crippen LogP contribution in [0.15, 0.2) is 30.6 Å². The zero-order valence-electron chi connectivity index (χ0n) is 13.2. The van der Waals surface area contributed by atoms with E-state index >= 15 is 0 Å². The minimum absolute atomic E-state index is 0.505. The lowest BCUT2D eigenvalue weighted by molar-refractivity contribution is 0.286. The second-order valence-corrected chi connectivity index (χ2v) is 5.21.